The molecule has 0 bridgehead atoms. The molecule has 1 fully saturated rings. The molecule has 1 amide bonds. The molecule has 1 heterocycles. The molecule has 1 aliphatic heterocycles. The van der Waals surface area contributed by atoms with E-state index in [-0.39, 0.29) is 5.91 Å². The van der Waals surface area contributed by atoms with Crippen LogP contribution in [0, 0.1) is 5.92 Å². The van der Waals surface area contributed by atoms with Crippen LogP contribution in [0.25, 0.3) is 0 Å². The van der Waals surface area contributed by atoms with Crippen LogP contribution in [0.5, 0.6) is 0 Å². The van der Waals surface area contributed by atoms with E-state index in [0.717, 1.165) is 43.4 Å². The lowest BCUT2D eigenvalue weighted by molar-refractivity contribution is 0.0953. The maximum absolute atomic E-state index is 12.1. The third-order valence-corrected chi connectivity index (χ3v) is 5.23. The van der Waals surface area contributed by atoms with Crippen molar-refractivity contribution in [3.63, 3.8) is 0 Å². The van der Waals surface area contributed by atoms with Crippen LogP contribution >= 0.6 is 0 Å². The number of nitrogens with zero attached hydrogens (tertiary/aromatic N) is 2. The van der Waals surface area contributed by atoms with Gasteiger partial charge in [0.25, 0.3) is 5.91 Å². The van der Waals surface area contributed by atoms with Gasteiger partial charge in [0.15, 0.2) is 5.96 Å². The van der Waals surface area contributed by atoms with E-state index in [1.54, 1.807) is 7.05 Å². The van der Waals surface area contributed by atoms with Gasteiger partial charge in [-0.3, -0.25) is 9.79 Å². The summed E-state index contributed by atoms with van der Waals surface area (Å²) in [4.78, 5) is 19.0. The Bertz CT molecular complexity index is 623. The van der Waals surface area contributed by atoms with Gasteiger partial charge in [0, 0.05) is 32.2 Å². The molecule has 156 valence electrons. The lowest BCUT2D eigenvalue weighted by Crippen LogP contribution is -2.39. The fraction of sp³-hybridized carbons (Fsp3) is 0.636. The molecule has 1 saturated heterocycles. The van der Waals surface area contributed by atoms with Gasteiger partial charge >= 0.3 is 0 Å². The van der Waals surface area contributed by atoms with E-state index in [9.17, 15) is 4.79 Å². The first kappa shape index (κ1) is 22.2. The van der Waals surface area contributed by atoms with E-state index in [2.05, 4.69) is 32.8 Å². The fourth-order valence-electron chi connectivity index (χ4n) is 3.36. The van der Waals surface area contributed by atoms with Gasteiger partial charge in [-0.25, -0.2) is 0 Å². The Kier molecular flexibility index (Phi) is 9.83. The van der Waals surface area contributed by atoms with Gasteiger partial charge in [0.2, 0.25) is 0 Å². The molecular weight excluding hydrogens is 350 g/mol. The van der Waals surface area contributed by atoms with Crippen LogP contribution < -0.4 is 16.0 Å². The smallest absolute Gasteiger partial charge is 0.251 e. The second kappa shape index (κ2) is 12.4. The average Bonchev–Trinajstić information content (AvgIpc) is 2.73. The number of likely N-dealkylation sites (tertiary alicyclic amines) is 1. The van der Waals surface area contributed by atoms with E-state index in [4.69, 9.17) is 0 Å². The normalized spacial score (nSPS) is 16.0. The molecule has 0 radical (unpaired) electrons. The molecular formula is C22H37N5O. The first-order valence-corrected chi connectivity index (χ1v) is 10.7. The number of carbonyl (C=O) groups is 1. The second-order valence-corrected chi connectivity index (χ2v) is 7.69. The summed E-state index contributed by atoms with van der Waals surface area (Å²) in [5, 5.41) is 9.64. The Morgan fingerprint density at radius 3 is 2.68 bits per heavy atom. The summed E-state index contributed by atoms with van der Waals surface area (Å²) in [6.45, 7) is 10.3. The monoisotopic (exact) mass is 387 g/mol. The minimum atomic E-state index is -0.0155. The molecule has 0 spiro atoms. The number of hydrogen-bond donors (Lipinski definition) is 3. The van der Waals surface area contributed by atoms with Crippen molar-refractivity contribution in [2.45, 2.75) is 46.1 Å². The highest BCUT2D eigenvalue weighted by Gasteiger charge is 2.14. The molecule has 0 aliphatic carbocycles. The first-order chi connectivity index (χ1) is 13.6. The number of amides is 1. The highest BCUT2D eigenvalue weighted by molar-refractivity contribution is 5.94. The number of aliphatic imine (C=N–C) groups is 1. The van der Waals surface area contributed by atoms with Crippen molar-refractivity contribution < 1.29 is 4.79 Å². The zero-order valence-corrected chi connectivity index (χ0v) is 17.8. The van der Waals surface area contributed by atoms with Gasteiger partial charge in [0.05, 0.1) is 0 Å². The molecule has 28 heavy (non-hydrogen) atoms. The van der Waals surface area contributed by atoms with Crippen LogP contribution in [0.4, 0.5) is 0 Å². The highest BCUT2D eigenvalue weighted by atomic mass is 16.1. The van der Waals surface area contributed by atoms with Crippen molar-refractivity contribution in [3.05, 3.63) is 35.4 Å². The van der Waals surface area contributed by atoms with Crippen LogP contribution in [-0.2, 0) is 6.54 Å². The Balaban J connectivity index is 1.69. The van der Waals surface area contributed by atoms with Crippen LogP contribution in [-0.4, -0.2) is 56.5 Å². The van der Waals surface area contributed by atoms with Crippen molar-refractivity contribution in [2.75, 3.05) is 39.8 Å². The number of carbonyl (C=O) groups excluding carboxylic acids is 1. The number of guanidine groups is 1. The summed E-state index contributed by atoms with van der Waals surface area (Å²) in [5.41, 5.74) is 1.76. The van der Waals surface area contributed by atoms with Crippen molar-refractivity contribution in [2.24, 2.45) is 10.9 Å². The molecule has 1 aromatic rings. The molecule has 6 nitrogen and oxygen atoms in total. The zero-order valence-electron chi connectivity index (χ0n) is 17.8. The molecule has 6 heteroatoms. The van der Waals surface area contributed by atoms with Crippen molar-refractivity contribution >= 4 is 11.9 Å². The minimum Gasteiger partial charge on any atom is -0.356 e. The Hall–Kier alpha value is -2.08. The number of piperidine rings is 1. The summed E-state index contributed by atoms with van der Waals surface area (Å²) >= 11 is 0. The Morgan fingerprint density at radius 2 is 1.96 bits per heavy atom. The molecule has 0 aromatic heterocycles. The van der Waals surface area contributed by atoms with E-state index >= 15 is 0 Å². The Morgan fingerprint density at radius 1 is 1.18 bits per heavy atom. The third kappa shape index (κ3) is 7.89. The molecule has 0 unspecified atom stereocenters. The SMILES string of the molecule is CCCNC(=O)c1cccc(CNC(=NC)NCCCN2CCC(C)CC2)c1. The average molecular weight is 388 g/mol. The number of benzene rings is 1. The van der Waals surface area contributed by atoms with Gasteiger partial charge in [-0.15, -0.1) is 0 Å². The van der Waals surface area contributed by atoms with Gasteiger partial charge in [-0.1, -0.05) is 26.0 Å². The molecule has 1 aromatic carbocycles. The quantitative estimate of drug-likeness (QED) is 0.346. The second-order valence-electron chi connectivity index (χ2n) is 7.69. The predicted molar refractivity (Wildman–Crippen MR) is 117 cm³/mol. The molecule has 0 saturated carbocycles. The zero-order chi connectivity index (χ0) is 20.2. The van der Waals surface area contributed by atoms with Crippen LogP contribution in [0.3, 0.4) is 0 Å². The largest absolute Gasteiger partial charge is 0.356 e. The third-order valence-electron chi connectivity index (χ3n) is 5.23. The highest BCUT2D eigenvalue weighted by Crippen LogP contribution is 2.15. The van der Waals surface area contributed by atoms with E-state index < -0.39 is 0 Å². The van der Waals surface area contributed by atoms with Crippen molar-refractivity contribution in [3.8, 4) is 0 Å². The van der Waals surface area contributed by atoms with Gasteiger partial charge in [0.1, 0.15) is 0 Å². The fourth-order valence-corrected chi connectivity index (χ4v) is 3.36. The van der Waals surface area contributed by atoms with Gasteiger partial charge < -0.3 is 20.9 Å². The van der Waals surface area contributed by atoms with Crippen LogP contribution in [0.1, 0.15) is 55.5 Å². The van der Waals surface area contributed by atoms with Gasteiger partial charge in [-0.05, 0) is 68.9 Å². The number of hydrogen-bond acceptors (Lipinski definition) is 3. The topological polar surface area (TPSA) is 68.8 Å². The lowest BCUT2D eigenvalue weighted by Gasteiger charge is -2.30. The summed E-state index contributed by atoms with van der Waals surface area (Å²) in [6, 6.07) is 7.73. The van der Waals surface area contributed by atoms with E-state index in [1.165, 1.54) is 25.9 Å². The van der Waals surface area contributed by atoms with Crippen LogP contribution in [0.2, 0.25) is 0 Å². The molecule has 2 rings (SSSR count). The summed E-state index contributed by atoms with van der Waals surface area (Å²) in [5.74, 6) is 1.67. The van der Waals surface area contributed by atoms with E-state index in [1.807, 2.05) is 31.2 Å². The van der Waals surface area contributed by atoms with Crippen molar-refractivity contribution in [1.29, 1.82) is 0 Å². The molecule has 1 aliphatic rings. The number of rotatable bonds is 9. The van der Waals surface area contributed by atoms with Gasteiger partial charge in [-0.2, -0.15) is 0 Å². The molecule has 0 atom stereocenters. The van der Waals surface area contributed by atoms with Crippen molar-refractivity contribution in [1.82, 2.24) is 20.9 Å². The first-order valence-electron chi connectivity index (χ1n) is 10.7. The predicted octanol–water partition coefficient (Wildman–Crippen LogP) is 2.61. The summed E-state index contributed by atoms with van der Waals surface area (Å²) < 4.78 is 0. The minimum absolute atomic E-state index is 0.0155. The number of nitrogens with one attached hydrogen (secondary N) is 3. The lowest BCUT2D eigenvalue weighted by atomic mass is 9.99. The summed E-state index contributed by atoms with van der Waals surface area (Å²) in [6.07, 6.45) is 4.70. The standard InChI is InChI=1S/C22H37N5O/c1-4-11-24-21(28)20-8-5-7-19(16-20)17-26-22(23-3)25-12-6-13-27-14-9-18(2)10-15-27/h5,7-8,16,18H,4,6,9-15,17H2,1-3H3,(H,24,28)(H2,23,25,26). The summed E-state index contributed by atoms with van der Waals surface area (Å²) in [7, 11) is 1.79. The van der Waals surface area contributed by atoms with Crippen LogP contribution in [0.15, 0.2) is 29.3 Å². The Labute approximate surface area is 170 Å². The van der Waals surface area contributed by atoms with E-state index in [0.29, 0.717) is 18.7 Å². The molecule has 3 N–H and O–H groups in total. The maximum atomic E-state index is 12.1. The maximum Gasteiger partial charge on any atom is 0.251 e.